The first kappa shape index (κ1) is 15.9. The van der Waals surface area contributed by atoms with Gasteiger partial charge in [0.15, 0.2) is 5.75 Å². The number of alkyl halides is 1. The summed E-state index contributed by atoms with van der Waals surface area (Å²) in [6, 6.07) is 3.63. The molecule has 1 aromatic rings. The summed E-state index contributed by atoms with van der Waals surface area (Å²) in [4.78, 5) is 5.11. The molecule has 0 aliphatic rings. The molecule has 3 nitrogen and oxygen atoms in total. The van der Waals surface area contributed by atoms with Crippen LogP contribution in [-0.2, 0) is 9.00 Å². The smallest absolute Gasteiger partial charge is 0.390 e. The second-order valence-electron chi connectivity index (χ2n) is 2.81. The molecule has 0 bridgehead atoms. The Hall–Kier alpha value is 0.887. The van der Waals surface area contributed by atoms with Gasteiger partial charge in [0.25, 0.3) is 0 Å². The average molecular weight is 467 g/mol. The number of hydrogen-bond donors (Lipinski definition) is 0. The van der Waals surface area contributed by atoms with Gasteiger partial charge in [-0.3, -0.25) is 0 Å². The lowest BCUT2D eigenvalue weighted by atomic mass is 10.3. The molecule has 1 aromatic carbocycles. The zero-order valence-corrected chi connectivity index (χ0v) is 15.0. The quantitative estimate of drug-likeness (QED) is 0.148. The van der Waals surface area contributed by atoms with Crippen molar-refractivity contribution in [3.63, 3.8) is 0 Å². The molecule has 8 heteroatoms. The molecular weight excluding hydrogens is 459 g/mol. The zero-order chi connectivity index (χ0) is 12.7. The summed E-state index contributed by atoms with van der Waals surface area (Å²) >= 11 is 15.7. The highest BCUT2D eigenvalue weighted by Crippen LogP contribution is 2.37. The monoisotopic (exact) mass is 464 g/mol. The Morgan fingerprint density at radius 3 is 2.65 bits per heavy atom. The van der Waals surface area contributed by atoms with Crippen molar-refractivity contribution in [2.45, 2.75) is 6.42 Å². The van der Waals surface area contributed by atoms with Crippen LogP contribution in [-0.4, -0.2) is 22.5 Å². The lowest BCUT2D eigenvalue weighted by molar-refractivity contribution is -0.116. The predicted octanol–water partition coefficient (Wildman–Crippen LogP) is 4.46. The minimum atomic E-state index is -0.171. The van der Waals surface area contributed by atoms with Crippen LogP contribution in [0.5, 0.6) is 5.75 Å². The predicted molar refractivity (Wildman–Crippen MR) is 78.3 cm³/mol. The van der Waals surface area contributed by atoms with Crippen molar-refractivity contribution in [3.8, 4) is 5.75 Å². The highest BCUT2D eigenvalue weighted by molar-refractivity contribution is 9.14. The molecule has 0 saturated carbocycles. The van der Waals surface area contributed by atoms with Crippen LogP contribution in [0.15, 0.2) is 25.6 Å². The largest absolute Gasteiger partial charge is 0.491 e. The van der Waals surface area contributed by atoms with Crippen LogP contribution in [0.25, 0.3) is 0 Å². The first-order valence-electron chi connectivity index (χ1n) is 4.56. The van der Waals surface area contributed by atoms with Crippen molar-refractivity contribution in [1.82, 2.24) is 0 Å². The molecule has 0 unspecified atom stereocenters. The van der Waals surface area contributed by atoms with Crippen LogP contribution < -0.4 is 4.89 Å². The van der Waals surface area contributed by atoms with Crippen molar-refractivity contribution < 1.29 is 13.9 Å². The highest BCUT2D eigenvalue weighted by atomic mass is 79.9. The van der Waals surface area contributed by atoms with Crippen molar-refractivity contribution >= 4 is 69.4 Å². The second kappa shape index (κ2) is 8.90. The van der Waals surface area contributed by atoms with E-state index in [9.17, 15) is 0 Å². The van der Waals surface area contributed by atoms with Crippen molar-refractivity contribution in [1.29, 1.82) is 0 Å². The van der Waals surface area contributed by atoms with E-state index in [1.54, 1.807) is 6.07 Å². The van der Waals surface area contributed by atoms with Crippen LogP contribution in [0, 0.1) is 0 Å². The fraction of sp³-hybridized carbons (Fsp3) is 0.333. The molecule has 2 radical (unpaired) electrons. The SMILES string of the molecule is ClCCCO[Si]OOc1ccc(Br)c(Br)c1Br. The van der Waals surface area contributed by atoms with E-state index < -0.39 is 0 Å². The lowest BCUT2D eigenvalue weighted by Gasteiger charge is -2.08. The third-order valence-corrected chi connectivity index (χ3v) is 5.68. The van der Waals surface area contributed by atoms with Gasteiger partial charge in [0.05, 0.1) is 4.47 Å². The van der Waals surface area contributed by atoms with Gasteiger partial charge < -0.3 is 9.31 Å². The molecular formula is C9H8Br3ClO3Si. The summed E-state index contributed by atoms with van der Waals surface area (Å²) in [5.74, 6) is 1.16. The Labute approximate surface area is 133 Å². The Kier molecular flexibility index (Phi) is 8.34. The van der Waals surface area contributed by atoms with Gasteiger partial charge in [-0.05, 0) is 66.3 Å². The second-order valence-corrected chi connectivity index (χ2v) is 6.25. The van der Waals surface area contributed by atoms with Gasteiger partial charge in [0.2, 0.25) is 0 Å². The molecule has 0 aromatic heterocycles. The van der Waals surface area contributed by atoms with E-state index in [0.29, 0.717) is 18.2 Å². The van der Waals surface area contributed by atoms with E-state index in [1.807, 2.05) is 6.07 Å². The maximum atomic E-state index is 5.50. The topological polar surface area (TPSA) is 27.7 Å². The third-order valence-electron chi connectivity index (χ3n) is 1.60. The molecule has 0 N–H and O–H groups in total. The van der Waals surface area contributed by atoms with E-state index in [2.05, 4.69) is 47.8 Å². The van der Waals surface area contributed by atoms with E-state index in [0.717, 1.165) is 19.8 Å². The molecule has 0 amide bonds. The molecule has 0 fully saturated rings. The molecule has 0 spiro atoms. The maximum absolute atomic E-state index is 5.50. The summed E-state index contributed by atoms with van der Waals surface area (Å²) in [6.45, 7) is 0.566. The number of halogens is 4. The van der Waals surface area contributed by atoms with Crippen LogP contribution in [0.3, 0.4) is 0 Å². The van der Waals surface area contributed by atoms with Crippen LogP contribution in [0.1, 0.15) is 6.42 Å². The molecule has 94 valence electrons. The molecule has 0 saturated heterocycles. The summed E-state index contributed by atoms with van der Waals surface area (Å²) in [6.07, 6.45) is 0.797. The summed E-state index contributed by atoms with van der Waals surface area (Å²) < 4.78 is 12.7. The Balaban J connectivity index is 2.35. The first-order chi connectivity index (χ1) is 8.16. The Morgan fingerprint density at radius 1 is 1.18 bits per heavy atom. The minimum absolute atomic E-state index is 0.171. The van der Waals surface area contributed by atoms with Crippen molar-refractivity contribution in [2.24, 2.45) is 0 Å². The number of hydrogen-bond acceptors (Lipinski definition) is 3. The van der Waals surface area contributed by atoms with Crippen LogP contribution in [0.2, 0.25) is 0 Å². The average Bonchev–Trinajstić information content (AvgIpc) is 2.33. The summed E-state index contributed by atoms with van der Waals surface area (Å²) in [5, 5.41) is 0. The van der Waals surface area contributed by atoms with E-state index in [1.165, 1.54) is 0 Å². The fourth-order valence-electron chi connectivity index (χ4n) is 0.827. The standard InChI is InChI=1S/C9H8Br3ClO3Si/c10-6-2-3-7(9(12)8(6)11)15-16-17-14-5-1-4-13/h2-3H,1,4-5H2. The van der Waals surface area contributed by atoms with E-state index >= 15 is 0 Å². The van der Waals surface area contributed by atoms with Crippen molar-refractivity contribution in [3.05, 3.63) is 25.6 Å². The van der Waals surface area contributed by atoms with Crippen molar-refractivity contribution in [2.75, 3.05) is 12.5 Å². The highest BCUT2D eigenvalue weighted by Gasteiger charge is 2.09. The van der Waals surface area contributed by atoms with Gasteiger partial charge in [-0.1, -0.05) is 0 Å². The van der Waals surface area contributed by atoms with Gasteiger partial charge in [0, 0.05) is 21.4 Å². The molecule has 0 aliphatic heterocycles. The van der Waals surface area contributed by atoms with E-state index in [4.69, 9.17) is 25.5 Å². The minimum Gasteiger partial charge on any atom is -0.390 e. The lowest BCUT2D eigenvalue weighted by Crippen LogP contribution is -2.09. The van der Waals surface area contributed by atoms with Gasteiger partial charge in [-0.25, -0.2) is 4.58 Å². The molecule has 1 rings (SSSR count). The van der Waals surface area contributed by atoms with Gasteiger partial charge in [0.1, 0.15) is 0 Å². The maximum Gasteiger partial charge on any atom is 0.491 e. The summed E-state index contributed by atoms with van der Waals surface area (Å²) in [5.41, 5.74) is 0. The molecule has 0 heterocycles. The fourth-order valence-corrected chi connectivity index (χ4v) is 2.67. The molecule has 0 aliphatic carbocycles. The number of rotatable bonds is 7. The third kappa shape index (κ3) is 5.58. The Morgan fingerprint density at radius 2 is 1.94 bits per heavy atom. The number of benzene rings is 1. The first-order valence-corrected chi connectivity index (χ1v) is 8.29. The molecule has 17 heavy (non-hydrogen) atoms. The van der Waals surface area contributed by atoms with Gasteiger partial charge >= 0.3 is 10.0 Å². The summed E-state index contributed by atoms with van der Waals surface area (Å²) in [7, 11) is -0.171. The zero-order valence-electron chi connectivity index (χ0n) is 8.51. The van der Waals surface area contributed by atoms with Crippen LogP contribution >= 0.6 is 59.4 Å². The van der Waals surface area contributed by atoms with E-state index in [-0.39, 0.29) is 10.0 Å². The van der Waals surface area contributed by atoms with Gasteiger partial charge in [-0.15, -0.1) is 11.6 Å². The normalized spacial score (nSPS) is 10.6. The molecule has 0 atom stereocenters. The van der Waals surface area contributed by atoms with Crippen LogP contribution in [0.4, 0.5) is 0 Å². The van der Waals surface area contributed by atoms with Gasteiger partial charge in [-0.2, -0.15) is 0 Å². The Bertz CT molecular complexity index is 368.